The summed E-state index contributed by atoms with van der Waals surface area (Å²) in [5.74, 6) is 3.42. The first-order chi connectivity index (χ1) is 26.3. The van der Waals surface area contributed by atoms with Crippen LogP contribution in [0.5, 0.6) is 23.0 Å². The standard InChI is InChI=1S/C48H30N2O2S/c1-5-19-43-39(15-1)49(40-16-2-6-20-44(40)51-43)33-27-23-31(24-28-33)35-11-9-13-37-38-14-10-12-36(48(38)53-47(35)37)32-25-29-34(30-26-32)50-41-17-3-7-21-45(41)52-46-22-8-4-18-42(46)50/h1-30H. The third-order valence-electron chi connectivity index (χ3n) is 10.3. The summed E-state index contributed by atoms with van der Waals surface area (Å²) in [6.45, 7) is 0. The highest BCUT2D eigenvalue weighted by molar-refractivity contribution is 7.26. The molecule has 8 aromatic carbocycles. The van der Waals surface area contributed by atoms with E-state index in [1.165, 1.54) is 42.4 Å². The Hall–Kier alpha value is -6.82. The van der Waals surface area contributed by atoms with Gasteiger partial charge < -0.3 is 19.3 Å². The van der Waals surface area contributed by atoms with Crippen LogP contribution in [0.3, 0.4) is 0 Å². The molecule has 3 heterocycles. The van der Waals surface area contributed by atoms with Gasteiger partial charge in [0.05, 0.1) is 22.7 Å². The SMILES string of the molecule is c1ccc2c(c1)Oc1ccccc1N2c1ccc(-c2cccc3c2sc2c(-c4ccc(N5c6ccccc6Oc6ccccc65)cc4)cccc23)cc1. The van der Waals surface area contributed by atoms with Gasteiger partial charge in [0.25, 0.3) is 0 Å². The lowest BCUT2D eigenvalue weighted by Gasteiger charge is -2.32. The predicted molar refractivity (Wildman–Crippen MR) is 220 cm³/mol. The third-order valence-corrected chi connectivity index (χ3v) is 11.5. The minimum atomic E-state index is 0.854. The Morgan fingerprint density at radius 2 is 0.660 bits per heavy atom. The number of anilines is 6. The van der Waals surface area contributed by atoms with Crippen LogP contribution in [0, 0.1) is 0 Å². The molecule has 1 aromatic heterocycles. The van der Waals surface area contributed by atoms with Crippen LogP contribution >= 0.6 is 11.3 Å². The van der Waals surface area contributed by atoms with Crippen LogP contribution < -0.4 is 19.3 Å². The third kappa shape index (κ3) is 4.75. The lowest BCUT2D eigenvalue weighted by atomic mass is 9.99. The minimum Gasteiger partial charge on any atom is -0.453 e. The fourth-order valence-electron chi connectivity index (χ4n) is 7.82. The summed E-state index contributed by atoms with van der Waals surface area (Å²) in [5, 5.41) is 2.56. The van der Waals surface area contributed by atoms with Gasteiger partial charge in [-0.25, -0.2) is 0 Å². The quantitative estimate of drug-likeness (QED) is 0.183. The van der Waals surface area contributed by atoms with E-state index in [1.807, 2.05) is 59.9 Å². The molecule has 2 aliphatic heterocycles. The van der Waals surface area contributed by atoms with Gasteiger partial charge in [0.2, 0.25) is 0 Å². The molecule has 0 fully saturated rings. The van der Waals surface area contributed by atoms with Crippen LogP contribution in [0.2, 0.25) is 0 Å². The van der Waals surface area contributed by atoms with E-state index in [1.54, 1.807) is 0 Å². The van der Waals surface area contributed by atoms with E-state index in [9.17, 15) is 0 Å². The van der Waals surface area contributed by atoms with E-state index in [0.717, 1.165) is 57.1 Å². The van der Waals surface area contributed by atoms with Gasteiger partial charge in [-0.3, -0.25) is 0 Å². The van der Waals surface area contributed by atoms with E-state index >= 15 is 0 Å². The maximum absolute atomic E-state index is 6.25. The molecule has 0 bridgehead atoms. The Morgan fingerprint density at radius 1 is 0.321 bits per heavy atom. The fourth-order valence-corrected chi connectivity index (χ4v) is 9.19. The Balaban J connectivity index is 0.968. The molecule has 5 heteroatoms. The van der Waals surface area contributed by atoms with Gasteiger partial charge in [-0.1, -0.05) is 109 Å². The van der Waals surface area contributed by atoms with Crippen molar-refractivity contribution in [3.05, 3.63) is 182 Å². The summed E-state index contributed by atoms with van der Waals surface area (Å²) in [5.41, 5.74) is 11.2. The molecule has 250 valence electrons. The summed E-state index contributed by atoms with van der Waals surface area (Å²) in [6.07, 6.45) is 0. The summed E-state index contributed by atoms with van der Waals surface area (Å²) in [7, 11) is 0. The molecule has 0 amide bonds. The topological polar surface area (TPSA) is 24.9 Å². The minimum absolute atomic E-state index is 0.854. The molecule has 11 rings (SSSR count). The first-order valence-corrected chi connectivity index (χ1v) is 18.6. The summed E-state index contributed by atoms with van der Waals surface area (Å²) >= 11 is 1.88. The van der Waals surface area contributed by atoms with Gasteiger partial charge in [0.15, 0.2) is 23.0 Å². The van der Waals surface area contributed by atoms with Crippen LogP contribution in [0.1, 0.15) is 0 Å². The van der Waals surface area contributed by atoms with Crippen molar-refractivity contribution >= 4 is 65.6 Å². The second-order valence-electron chi connectivity index (χ2n) is 13.3. The van der Waals surface area contributed by atoms with E-state index in [0.29, 0.717) is 0 Å². The number of thiophene rings is 1. The van der Waals surface area contributed by atoms with Crippen LogP contribution in [0.25, 0.3) is 42.4 Å². The zero-order valence-electron chi connectivity index (χ0n) is 28.4. The molecular weight excluding hydrogens is 669 g/mol. The number of ether oxygens (including phenoxy) is 2. The van der Waals surface area contributed by atoms with E-state index in [2.05, 4.69) is 143 Å². The zero-order valence-corrected chi connectivity index (χ0v) is 29.3. The Morgan fingerprint density at radius 3 is 1.02 bits per heavy atom. The highest BCUT2D eigenvalue weighted by atomic mass is 32.1. The summed E-state index contributed by atoms with van der Waals surface area (Å²) in [4.78, 5) is 4.57. The van der Waals surface area contributed by atoms with Crippen molar-refractivity contribution in [2.24, 2.45) is 0 Å². The number of para-hydroxylation sites is 8. The van der Waals surface area contributed by atoms with Gasteiger partial charge >= 0.3 is 0 Å². The second-order valence-corrected chi connectivity index (χ2v) is 14.3. The van der Waals surface area contributed by atoms with Crippen LogP contribution in [-0.2, 0) is 0 Å². The molecule has 2 aliphatic rings. The van der Waals surface area contributed by atoms with Gasteiger partial charge in [-0.15, -0.1) is 11.3 Å². The molecule has 0 N–H and O–H groups in total. The first-order valence-electron chi connectivity index (χ1n) is 17.8. The number of hydrogen-bond acceptors (Lipinski definition) is 5. The normalized spacial score (nSPS) is 12.8. The van der Waals surface area contributed by atoms with Gasteiger partial charge in [-0.2, -0.15) is 0 Å². The van der Waals surface area contributed by atoms with Crippen molar-refractivity contribution in [3.63, 3.8) is 0 Å². The highest BCUT2D eigenvalue weighted by Crippen LogP contribution is 2.52. The molecule has 0 atom stereocenters. The van der Waals surface area contributed by atoms with Crippen LogP contribution in [0.4, 0.5) is 34.1 Å². The van der Waals surface area contributed by atoms with E-state index in [-0.39, 0.29) is 0 Å². The Bertz CT molecular complexity index is 2570. The number of nitrogens with zero attached hydrogens (tertiary/aromatic N) is 2. The lowest BCUT2D eigenvalue weighted by molar-refractivity contribution is 0.477. The molecule has 0 spiro atoms. The predicted octanol–water partition coefficient (Wildman–Crippen LogP) is 14.5. The maximum atomic E-state index is 6.25. The molecule has 0 aliphatic carbocycles. The van der Waals surface area contributed by atoms with Crippen molar-refractivity contribution < 1.29 is 9.47 Å². The van der Waals surface area contributed by atoms with Crippen molar-refractivity contribution in [3.8, 4) is 45.3 Å². The second kappa shape index (κ2) is 11.9. The monoisotopic (exact) mass is 698 g/mol. The van der Waals surface area contributed by atoms with Crippen molar-refractivity contribution in [1.29, 1.82) is 0 Å². The molecule has 0 saturated heterocycles. The molecule has 53 heavy (non-hydrogen) atoms. The lowest BCUT2D eigenvalue weighted by Crippen LogP contribution is -2.15. The first kappa shape index (κ1) is 29.9. The van der Waals surface area contributed by atoms with Gasteiger partial charge in [0, 0.05) is 31.5 Å². The average molecular weight is 699 g/mol. The molecule has 0 unspecified atom stereocenters. The largest absolute Gasteiger partial charge is 0.453 e. The number of hydrogen-bond donors (Lipinski definition) is 0. The number of rotatable bonds is 4. The fraction of sp³-hybridized carbons (Fsp3) is 0. The number of fused-ring (bicyclic) bond motifs is 7. The molecule has 0 radical (unpaired) electrons. The van der Waals surface area contributed by atoms with E-state index < -0.39 is 0 Å². The highest BCUT2D eigenvalue weighted by Gasteiger charge is 2.27. The Kier molecular flexibility index (Phi) is 6.69. The van der Waals surface area contributed by atoms with Gasteiger partial charge in [-0.05, 0) is 95.1 Å². The van der Waals surface area contributed by atoms with E-state index in [4.69, 9.17) is 9.47 Å². The van der Waals surface area contributed by atoms with Crippen molar-refractivity contribution in [2.75, 3.05) is 9.80 Å². The van der Waals surface area contributed by atoms with Crippen LogP contribution in [0.15, 0.2) is 182 Å². The van der Waals surface area contributed by atoms with Gasteiger partial charge in [0.1, 0.15) is 0 Å². The summed E-state index contributed by atoms with van der Waals surface area (Å²) < 4.78 is 15.1. The van der Waals surface area contributed by atoms with Crippen molar-refractivity contribution in [1.82, 2.24) is 0 Å². The maximum Gasteiger partial charge on any atom is 0.151 e. The summed E-state index contributed by atoms with van der Waals surface area (Å²) in [6, 6.07) is 64.1. The average Bonchev–Trinajstić information content (AvgIpc) is 3.61. The molecular formula is C48H30N2O2S. The molecule has 9 aromatic rings. The smallest absolute Gasteiger partial charge is 0.151 e. The number of benzene rings is 8. The molecule has 0 saturated carbocycles. The Labute approximate surface area is 311 Å². The zero-order chi connectivity index (χ0) is 34.9. The van der Waals surface area contributed by atoms with Crippen LogP contribution in [-0.4, -0.2) is 0 Å². The van der Waals surface area contributed by atoms with Crippen molar-refractivity contribution in [2.45, 2.75) is 0 Å². The molecule has 4 nitrogen and oxygen atoms in total.